The lowest BCUT2D eigenvalue weighted by molar-refractivity contribution is 0.488. The number of rotatable bonds is 6. The number of anilines is 3. The number of benzene rings is 9. The van der Waals surface area contributed by atoms with E-state index in [0.717, 1.165) is 79.0 Å². The van der Waals surface area contributed by atoms with E-state index in [1.165, 1.54) is 24.3 Å². The number of fused-ring (bicyclic) bond motifs is 4. The number of nitrogens with zero attached hydrogens (tertiary/aromatic N) is 1. The Balaban J connectivity index is 1.26. The number of hydrogen-bond donors (Lipinski definition) is 0. The van der Waals surface area contributed by atoms with Gasteiger partial charge in [-0.2, -0.15) is 0 Å². The molecule has 11 rings (SSSR count). The highest BCUT2D eigenvalue weighted by Gasteiger charge is 2.43. The van der Waals surface area contributed by atoms with E-state index < -0.39 is 30.0 Å². The van der Waals surface area contributed by atoms with E-state index in [9.17, 15) is 17.6 Å². The zero-order chi connectivity index (χ0) is 41.2. The molecule has 0 saturated heterocycles. The number of ether oxygens (including phenoxy) is 1. The van der Waals surface area contributed by atoms with Crippen LogP contribution in [-0.4, -0.2) is 6.71 Å². The number of para-hydroxylation sites is 1. The lowest BCUT2D eigenvalue weighted by Crippen LogP contribution is -2.59. The van der Waals surface area contributed by atoms with E-state index in [4.69, 9.17) is 4.74 Å². The zero-order valence-corrected chi connectivity index (χ0v) is 32.4. The first-order chi connectivity index (χ1) is 29.9. The molecule has 0 saturated carbocycles. The van der Waals surface area contributed by atoms with Crippen LogP contribution in [0.5, 0.6) is 11.5 Å². The Kier molecular flexibility index (Phi) is 8.71. The molecule has 0 aromatic heterocycles. The SMILES string of the molecule is Fc1cc(F)cc(-c2ccc3c(c2)B2c4cc(-c5cc(F)cc(F)c5)ccc4N(c4c(-c5ccccc5)cccc4-c4ccccc4)c4cc(-c5ccccc5)cc(c42)O3)c1. The van der Waals surface area contributed by atoms with E-state index in [1.54, 1.807) is 0 Å². The van der Waals surface area contributed by atoms with Crippen LogP contribution in [0.15, 0.2) is 194 Å². The summed E-state index contributed by atoms with van der Waals surface area (Å²) < 4.78 is 66.0. The standard InChI is InChI=1S/C54H32BF4NO/c56-41-23-38(24-42(57)31-41)36-19-21-49-47(27-36)55-48-28-37(39-25-43(58)32-44(59)26-39)20-22-51(48)61-52-30-40(33-11-4-1-5-12-33)29-50(53(52)55)60(49)54-45(34-13-6-2-7-14-34)17-10-18-46(54)35-15-8-3-9-16-35/h1-32H. The molecule has 0 atom stereocenters. The number of halogens is 4. The van der Waals surface area contributed by atoms with Gasteiger partial charge in [-0.15, -0.1) is 0 Å². The molecular formula is C54H32BF4NO. The van der Waals surface area contributed by atoms with Gasteiger partial charge in [0.05, 0.1) is 5.69 Å². The van der Waals surface area contributed by atoms with Gasteiger partial charge < -0.3 is 9.64 Å². The summed E-state index contributed by atoms with van der Waals surface area (Å²) in [6.07, 6.45) is 0. The molecule has 0 fully saturated rings. The summed E-state index contributed by atoms with van der Waals surface area (Å²) in [6.45, 7) is -0.467. The maximum atomic E-state index is 14.9. The van der Waals surface area contributed by atoms with Crippen molar-refractivity contribution in [1.82, 2.24) is 0 Å². The van der Waals surface area contributed by atoms with Gasteiger partial charge in [0.2, 0.25) is 0 Å². The molecule has 0 unspecified atom stereocenters. The van der Waals surface area contributed by atoms with Gasteiger partial charge in [-0.05, 0) is 109 Å². The van der Waals surface area contributed by atoms with Crippen molar-refractivity contribution < 1.29 is 22.3 Å². The van der Waals surface area contributed by atoms with Crippen LogP contribution in [0.4, 0.5) is 34.6 Å². The lowest BCUT2D eigenvalue weighted by Gasteiger charge is -2.42. The Bertz CT molecular complexity index is 3080. The fraction of sp³-hybridized carbons (Fsp3) is 0. The highest BCUT2D eigenvalue weighted by molar-refractivity contribution is 6.99. The van der Waals surface area contributed by atoms with Crippen LogP contribution in [0.25, 0.3) is 55.6 Å². The van der Waals surface area contributed by atoms with E-state index in [0.29, 0.717) is 33.8 Å². The molecule has 9 aromatic rings. The zero-order valence-electron chi connectivity index (χ0n) is 32.4. The monoisotopic (exact) mass is 797 g/mol. The van der Waals surface area contributed by atoms with Crippen LogP contribution >= 0.6 is 0 Å². The van der Waals surface area contributed by atoms with Crippen LogP contribution in [-0.2, 0) is 0 Å². The van der Waals surface area contributed by atoms with Gasteiger partial charge in [0, 0.05) is 34.6 Å². The first kappa shape index (κ1) is 36.4. The van der Waals surface area contributed by atoms with Crippen LogP contribution < -0.4 is 26.0 Å². The predicted molar refractivity (Wildman–Crippen MR) is 239 cm³/mol. The molecule has 0 spiro atoms. The summed E-state index contributed by atoms with van der Waals surface area (Å²) >= 11 is 0. The highest BCUT2D eigenvalue weighted by atomic mass is 19.1. The minimum absolute atomic E-state index is 0.386. The van der Waals surface area contributed by atoms with Crippen molar-refractivity contribution in [3.8, 4) is 67.1 Å². The molecule has 2 heterocycles. The molecule has 0 bridgehead atoms. The van der Waals surface area contributed by atoms with Crippen molar-refractivity contribution >= 4 is 40.2 Å². The molecule has 0 aliphatic carbocycles. The van der Waals surface area contributed by atoms with Crippen molar-refractivity contribution in [3.63, 3.8) is 0 Å². The molecule has 2 aliphatic rings. The third-order valence-electron chi connectivity index (χ3n) is 11.7. The van der Waals surface area contributed by atoms with Crippen molar-refractivity contribution in [1.29, 1.82) is 0 Å². The molecule has 2 aliphatic heterocycles. The third-order valence-corrected chi connectivity index (χ3v) is 11.7. The summed E-state index contributed by atoms with van der Waals surface area (Å²) in [5.74, 6) is -1.48. The quantitative estimate of drug-likeness (QED) is 0.123. The maximum Gasteiger partial charge on any atom is 0.256 e. The topological polar surface area (TPSA) is 12.5 Å². The van der Waals surface area contributed by atoms with Crippen LogP contribution in [0.1, 0.15) is 0 Å². The smallest absolute Gasteiger partial charge is 0.256 e. The predicted octanol–water partition coefficient (Wildman–Crippen LogP) is 13.0. The summed E-state index contributed by atoms with van der Waals surface area (Å²) in [5.41, 5.74) is 13.2. The fourth-order valence-corrected chi connectivity index (χ4v) is 9.08. The van der Waals surface area contributed by atoms with E-state index >= 15 is 0 Å². The maximum absolute atomic E-state index is 14.9. The second kappa shape index (κ2) is 14.6. The van der Waals surface area contributed by atoms with Crippen LogP contribution in [0.3, 0.4) is 0 Å². The Labute approximate surface area is 350 Å². The average Bonchev–Trinajstić information content (AvgIpc) is 3.28. The third kappa shape index (κ3) is 6.37. The molecule has 290 valence electrons. The summed E-state index contributed by atoms with van der Waals surface area (Å²) in [5, 5.41) is 0. The van der Waals surface area contributed by atoms with Crippen molar-refractivity contribution in [2.75, 3.05) is 4.90 Å². The second-order valence-corrected chi connectivity index (χ2v) is 15.4. The summed E-state index contributed by atoms with van der Waals surface area (Å²) in [7, 11) is 0. The largest absolute Gasteiger partial charge is 0.458 e. The Hall–Kier alpha value is -7.64. The minimum Gasteiger partial charge on any atom is -0.458 e. The minimum atomic E-state index is -0.679. The van der Waals surface area contributed by atoms with Gasteiger partial charge in [-0.3, -0.25) is 0 Å². The van der Waals surface area contributed by atoms with E-state index in [2.05, 4.69) is 71.6 Å². The summed E-state index contributed by atoms with van der Waals surface area (Å²) in [6, 6.07) is 59.9. The molecule has 0 N–H and O–H groups in total. The van der Waals surface area contributed by atoms with E-state index in [-0.39, 0.29) is 0 Å². The van der Waals surface area contributed by atoms with Crippen molar-refractivity contribution in [2.24, 2.45) is 0 Å². The Morgan fingerprint density at radius 2 is 0.836 bits per heavy atom. The molecule has 61 heavy (non-hydrogen) atoms. The van der Waals surface area contributed by atoms with Crippen molar-refractivity contribution in [3.05, 3.63) is 217 Å². The van der Waals surface area contributed by atoms with Gasteiger partial charge in [0.1, 0.15) is 34.8 Å². The van der Waals surface area contributed by atoms with Gasteiger partial charge in [-0.25, -0.2) is 17.6 Å². The van der Waals surface area contributed by atoms with Crippen LogP contribution in [0, 0.1) is 23.3 Å². The highest BCUT2D eigenvalue weighted by Crippen LogP contribution is 2.50. The second-order valence-electron chi connectivity index (χ2n) is 15.4. The molecule has 7 heteroatoms. The summed E-state index contributed by atoms with van der Waals surface area (Å²) in [4.78, 5) is 2.30. The Morgan fingerprint density at radius 3 is 1.39 bits per heavy atom. The van der Waals surface area contributed by atoms with Gasteiger partial charge in [0.25, 0.3) is 6.71 Å². The van der Waals surface area contributed by atoms with Gasteiger partial charge in [0.15, 0.2) is 0 Å². The lowest BCUT2D eigenvalue weighted by atomic mass is 9.34. The normalized spacial score (nSPS) is 12.3. The molecule has 0 radical (unpaired) electrons. The van der Waals surface area contributed by atoms with Gasteiger partial charge in [-0.1, -0.05) is 133 Å². The molecular weight excluding hydrogens is 765 g/mol. The molecule has 0 amide bonds. The number of hydrogen-bond acceptors (Lipinski definition) is 2. The first-order valence-corrected chi connectivity index (χ1v) is 20.0. The van der Waals surface area contributed by atoms with Gasteiger partial charge >= 0.3 is 0 Å². The molecule has 2 nitrogen and oxygen atoms in total. The first-order valence-electron chi connectivity index (χ1n) is 20.0. The van der Waals surface area contributed by atoms with Crippen LogP contribution in [0.2, 0.25) is 0 Å². The molecule has 9 aromatic carbocycles. The van der Waals surface area contributed by atoms with E-state index in [1.807, 2.05) is 91.0 Å². The fourth-order valence-electron chi connectivity index (χ4n) is 9.08. The van der Waals surface area contributed by atoms with Crippen molar-refractivity contribution in [2.45, 2.75) is 0 Å². The Morgan fingerprint density at radius 1 is 0.344 bits per heavy atom. The average molecular weight is 798 g/mol.